The van der Waals surface area contributed by atoms with Gasteiger partial charge in [-0.3, -0.25) is 9.89 Å². The van der Waals surface area contributed by atoms with Crippen LogP contribution in [-0.4, -0.2) is 39.8 Å². The lowest BCUT2D eigenvalue weighted by Crippen LogP contribution is -2.25. The number of amides is 1. The highest BCUT2D eigenvalue weighted by atomic mass is 16.5. The molecule has 2 aromatic carbocycles. The highest BCUT2D eigenvalue weighted by molar-refractivity contribution is 6.03. The van der Waals surface area contributed by atoms with Crippen molar-refractivity contribution in [3.63, 3.8) is 0 Å². The molecule has 0 radical (unpaired) electrons. The van der Waals surface area contributed by atoms with Crippen molar-refractivity contribution >= 4 is 22.6 Å². The van der Waals surface area contributed by atoms with E-state index >= 15 is 0 Å². The molecule has 0 spiro atoms. The lowest BCUT2D eigenvalue weighted by Gasteiger charge is -2.16. The van der Waals surface area contributed by atoms with E-state index in [9.17, 15) is 9.90 Å². The van der Waals surface area contributed by atoms with Crippen LogP contribution in [0.3, 0.4) is 0 Å². The summed E-state index contributed by atoms with van der Waals surface area (Å²) in [5.74, 6) is 1.67. The van der Waals surface area contributed by atoms with Crippen LogP contribution in [0.25, 0.3) is 10.9 Å². The molecule has 7 heteroatoms. The summed E-state index contributed by atoms with van der Waals surface area (Å²) in [7, 11) is 1.63. The zero-order valence-corrected chi connectivity index (χ0v) is 16.2. The number of phenols is 1. The van der Waals surface area contributed by atoms with Gasteiger partial charge in [-0.25, -0.2) is 0 Å². The minimum atomic E-state index is -0.203. The third-order valence-electron chi connectivity index (χ3n) is 5.01. The fraction of sp³-hybridized carbons (Fsp3) is 0.333. The van der Waals surface area contributed by atoms with Crippen molar-refractivity contribution in [1.82, 2.24) is 15.1 Å². The molecular weight excluding hydrogens is 356 g/mol. The number of anilines is 1. The van der Waals surface area contributed by atoms with E-state index in [1.807, 2.05) is 18.2 Å². The summed E-state index contributed by atoms with van der Waals surface area (Å²) < 4.78 is 5.27. The van der Waals surface area contributed by atoms with Crippen molar-refractivity contribution in [2.45, 2.75) is 26.9 Å². The molecule has 0 saturated carbocycles. The molecule has 0 atom stereocenters. The van der Waals surface area contributed by atoms with Gasteiger partial charge in [-0.05, 0) is 35.2 Å². The number of methoxy groups -OCH3 is 1. The molecule has 1 amide bonds. The van der Waals surface area contributed by atoms with E-state index in [2.05, 4.69) is 29.4 Å². The predicted octanol–water partition coefficient (Wildman–Crippen LogP) is 3.50. The molecule has 0 fully saturated rings. The lowest BCUT2D eigenvalue weighted by atomic mass is 10.1. The van der Waals surface area contributed by atoms with Crippen LogP contribution >= 0.6 is 0 Å². The monoisotopic (exact) mass is 380 g/mol. The molecule has 3 aromatic rings. The first-order chi connectivity index (χ1) is 13.5. The van der Waals surface area contributed by atoms with Gasteiger partial charge in [-0.1, -0.05) is 19.9 Å². The summed E-state index contributed by atoms with van der Waals surface area (Å²) in [6.07, 6.45) is 0. The van der Waals surface area contributed by atoms with E-state index in [-0.39, 0.29) is 17.2 Å². The summed E-state index contributed by atoms with van der Waals surface area (Å²) >= 11 is 0. The van der Waals surface area contributed by atoms with Gasteiger partial charge >= 0.3 is 0 Å². The van der Waals surface area contributed by atoms with Crippen LogP contribution < -0.4 is 10.1 Å². The molecule has 0 aliphatic carbocycles. The first-order valence-electron chi connectivity index (χ1n) is 9.36. The first-order valence-corrected chi connectivity index (χ1v) is 9.36. The number of aromatic nitrogens is 2. The van der Waals surface area contributed by atoms with E-state index in [1.165, 1.54) is 0 Å². The second-order valence-corrected chi connectivity index (χ2v) is 7.56. The van der Waals surface area contributed by atoms with Gasteiger partial charge in [-0.15, -0.1) is 0 Å². The minimum absolute atomic E-state index is 0.0508. The Balaban J connectivity index is 1.62. The molecular formula is C21H24N4O3. The maximum Gasteiger partial charge on any atom is 0.258 e. The number of nitrogens with one attached hydrogen (secondary N) is 2. The van der Waals surface area contributed by atoms with Crippen molar-refractivity contribution in [2.75, 3.05) is 19.0 Å². The van der Waals surface area contributed by atoms with E-state index in [0.29, 0.717) is 30.3 Å². The molecule has 1 aliphatic heterocycles. The predicted molar refractivity (Wildman–Crippen MR) is 108 cm³/mol. The Morgan fingerprint density at radius 2 is 2.07 bits per heavy atom. The molecule has 0 bridgehead atoms. The molecule has 0 saturated heterocycles. The van der Waals surface area contributed by atoms with E-state index in [4.69, 9.17) is 4.74 Å². The number of nitrogens with zero attached hydrogens (tertiary/aromatic N) is 2. The van der Waals surface area contributed by atoms with Crippen LogP contribution in [0.1, 0.15) is 35.3 Å². The number of phenolic OH excluding ortho intramolecular Hbond substituents is 1. The van der Waals surface area contributed by atoms with Gasteiger partial charge in [0, 0.05) is 31.1 Å². The van der Waals surface area contributed by atoms with E-state index in [0.717, 1.165) is 28.8 Å². The van der Waals surface area contributed by atoms with Crippen molar-refractivity contribution in [3.8, 4) is 11.5 Å². The molecule has 2 heterocycles. The smallest absolute Gasteiger partial charge is 0.258 e. The van der Waals surface area contributed by atoms with Crippen molar-refractivity contribution in [3.05, 3.63) is 47.0 Å². The Kier molecular flexibility index (Phi) is 4.58. The number of ether oxygens (including phenoxy) is 1. The Hall–Kier alpha value is -3.22. The summed E-state index contributed by atoms with van der Waals surface area (Å²) in [4.78, 5) is 14.8. The third-order valence-corrected chi connectivity index (χ3v) is 5.01. The largest absolute Gasteiger partial charge is 0.507 e. The molecule has 4 rings (SSSR count). The average Bonchev–Trinajstić information content (AvgIpc) is 3.27. The number of carbonyl (C=O) groups is 1. The number of hydrogen-bond acceptors (Lipinski definition) is 5. The number of fused-ring (bicyclic) bond motifs is 2. The highest BCUT2D eigenvalue weighted by Crippen LogP contribution is 2.32. The van der Waals surface area contributed by atoms with Gasteiger partial charge in [0.15, 0.2) is 5.82 Å². The molecule has 3 N–H and O–H groups in total. The number of benzene rings is 2. The normalized spacial score (nSPS) is 13.2. The van der Waals surface area contributed by atoms with E-state index < -0.39 is 0 Å². The molecule has 1 aliphatic rings. The number of carbonyl (C=O) groups excluding carboxylic acids is 1. The molecule has 0 unspecified atom stereocenters. The van der Waals surface area contributed by atoms with Crippen molar-refractivity contribution in [1.29, 1.82) is 0 Å². The van der Waals surface area contributed by atoms with Crippen LogP contribution in [0.5, 0.6) is 11.5 Å². The first kappa shape index (κ1) is 18.2. The quantitative estimate of drug-likeness (QED) is 0.630. The zero-order chi connectivity index (χ0) is 19.8. The van der Waals surface area contributed by atoms with Crippen molar-refractivity contribution < 1.29 is 14.6 Å². The second-order valence-electron chi connectivity index (χ2n) is 7.56. The Morgan fingerprint density at radius 3 is 2.82 bits per heavy atom. The maximum absolute atomic E-state index is 13.1. The second kappa shape index (κ2) is 7.07. The van der Waals surface area contributed by atoms with Gasteiger partial charge < -0.3 is 20.1 Å². The summed E-state index contributed by atoms with van der Waals surface area (Å²) in [5.41, 5.74) is 3.13. The lowest BCUT2D eigenvalue weighted by molar-refractivity contribution is 0.0748. The van der Waals surface area contributed by atoms with Crippen LogP contribution in [0.4, 0.5) is 5.82 Å². The minimum Gasteiger partial charge on any atom is -0.507 e. The van der Waals surface area contributed by atoms with Crippen LogP contribution in [-0.2, 0) is 13.1 Å². The van der Waals surface area contributed by atoms with Gasteiger partial charge in [0.25, 0.3) is 5.91 Å². The van der Waals surface area contributed by atoms with Gasteiger partial charge in [-0.2, -0.15) is 5.10 Å². The molecule has 1 aromatic heterocycles. The number of hydrogen-bond donors (Lipinski definition) is 3. The Labute approximate surface area is 163 Å². The topological polar surface area (TPSA) is 90.5 Å². The third kappa shape index (κ3) is 3.24. The molecule has 28 heavy (non-hydrogen) atoms. The van der Waals surface area contributed by atoms with Crippen LogP contribution in [0, 0.1) is 5.92 Å². The maximum atomic E-state index is 13.1. The number of rotatable bonds is 5. The number of aromatic amines is 1. The van der Waals surface area contributed by atoms with Gasteiger partial charge in [0.1, 0.15) is 11.5 Å². The number of aromatic hydroxyl groups is 1. The van der Waals surface area contributed by atoms with Gasteiger partial charge in [0.05, 0.1) is 18.2 Å². The SMILES string of the molecule is COc1ccc2c(c1)CN(C(=O)c1cc3c(NCC(C)C)n[nH]c3cc1O)C2. The molecule has 146 valence electrons. The highest BCUT2D eigenvalue weighted by Gasteiger charge is 2.27. The Bertz CT molecular complexity index is 1040. The summed E-state index contributed by atoms with van der Waals surface area (Å²) in [6.45, 7) is 6.00. The van der Waals surface area contributed by atoms with Crippen molar-refractivity contribution in [2.24, 2.45) is 5.92 Å². The fourth-order valence-electron chi connectivity index (χ4n) is 3.47. The van der Waals surface area contributed by atoms with Crippen LogP contribution in [0.15, 0.2) is 30.3 Å². The van der Waals surface area contributed by atoms with E-state index in [1.54, 1.807) is 24.1 Å². The average molecular weight is 380 g/mol. The Morgan fingerprint density at radius 1 is 1.29 bits per heavy atom. The fourth-order valence-corrected chi connectivity index (χ4v) is 3.47. The summed E-state index contributed by atoms with van der Waals surface area (Å²) in [5, 5.41) is 21.7. The standard InChI is InChI=1S/C21H24N4O3/c1-12(2)9-22-20-16-7-17(19(26)8-18(16)23-24-20)21(27)25-10-13-4-5-15(28-3)6-14(13)11-25/h4-8,12,26H,9-11H2,1-3H3,(H2,22,23,24). The summed E-state index contributed by atoms with van der Waals surface area (Å²) in [6, 6.07) is 9.10. The van der Waals surface area contributed by atoms with Crippen LogP contribution in [0.2, 0.25) is 0 Å². The zero-order valence-electron chi connectivity index (χ0n) is 16.2. The molecule has 7 nitrogen and oxygen atoms in total. The number of H-pyrrole nitrogens is 1. The van der Waals surface area contributed by atoms with Gasteiger partial charge in [0.2, 0.25) is 0 Å².